The van der Waals surface area contributed by atoms with E-state index < -0.39 is 0 Å². The molecule has 2 fully saturated rings. The molecule has 0 bridgehead atoms. The van der Waals surface area contributed by atoms with Gasteiger partial charge in [-0.3, -0.25) is 9.80 Å². The Balaban J connectivity index is 1.93. The lowest BCUT2D eigenvalue weighted by Crippen LogP contribution is -2.62. The van der Waals surface area contributed by atoms with E-state index in [1.165, 1.54) is 38.8 Å². The van der Waals surface area contributed by atoms with Gasteiger partial charge in [0.15, 0.2) is 0 Å². The van der Waals surface area contributed by atoms with Crippen LogP contribution in [0.2, 0.25) is 0 Å². The summed E-state index contributed by atoms with van der Waals surface area (Å²) >= 11 is 0. The summed E-state index contributed by atoms with van der Waals surface area (Å²) in [7, 11) is 2.23. The fourth-order valence-electron chi connectivity index (χ4n) is 3.77. The van der Waals surface area contributed by atoms with Gasteiger partial charge in [-0.2, -0.15) is 0 Å². The van der Waals surface area contributed by atoms with E-state index in [2.05, 4.69) is 37.6 Å². The van der Waals surface area contributed by atoms with Gasteiger partial charge in [-0.05, 0) is 39.7 Å². The van der Waals surface area contributed by atoms with E-state index in [1.54, 1.807) is 0 Å². The van der Waals surface area contributed by atoms with Crippen molar-refractivity contribution in [3.8, 4) is 0 Å². The Morgan fingerprint density at radius 3 is 2.61 bits per heavy atom. The number of nitrogens with zero attached hydrogens (tertiary/aromatic N) is 2. The third-order valence-corrected chi connectivity index (χ3v) is 5.06. The van der Waals surface area contributed by atoms with Crippen molar-refractivity contribution in [3.05, 3.63) is 0 Å². The van der Waals surface area contributed by atoms with Crippen molar-refractivity contribution in [2.24, 2.45) is 11.7 Å². The molecule has 106 valence electrons. The molecule has 0 aromatic heterocycles. The quantitative estimate of drug-likeness (QED) is 0.816. The van der Waals surface area contributed by atoms with Crippen molar-refractivity contribution in [1.82, 2.24) is 9.80 Å². The first-order chi connectivity index (χ1) is 8.31. The molecule has 1 saturated heterocycles. The Hall–Kier alpha value is -0.120. The molecule has 2 N–H and O–H groups in total. The zero-order chi connectivity index (χ0) is 13.4. The lowest BCUT2D eigenvalue weighted by molar-refractivity contribution is 0.0216. The molecule has 1 aliphatic carbocycles. The van der Waals surface area contributed by atoms with Gasteiger partial charge in [0.1, 0.15) is 0 Å². The van der Waals surface area contributed by atoms with Crippen LogP contribution in [-0.4, -0.2) is 54.1 Å². The van der Waals surface area contributed by atoms with E-state index in [9.17, 15) is 0 Å². The molecule has 2 rings (SSSR count). The number of hydrogen-bond donors (Lipinski definition) is 1. The number of likely N-dealkylation sites (N-methyl/N-ethyl adjacent to an activating group) is 1. The van der Waals surface area contributed by atoms with Gasteiger partial charge in [0.2, 0.25) is 0 Å². The molecule has 1 aliphatic heterocycles. The maximum absolute atomic E-state index is 6.65. The highest BCUT2D eigenvalue weighted by molar-refractivity contribution is 4.96. The maximum atomic E-state index is 6.65. The van der Waals surface area contributed by atoms with Crippen molar-refractivity contribution in [1.29, 1.82) is 0 Å². The summed E-state index contributed by atoms with van der Waals surface area (Å²) in [5.74, 6) is 0.809. The molecule has 0 aromatic rings. The molecule has 2 aliphatic rings. The van der Waals surface area contributed by atoms with E-state index in [0.717, 1.165) is 19.0 Å². The van der Waals surface area contributed by atoms with Crippen LogP contribution in [0.1, 0.15) is 46.5 Å². The summed E-state index contributed by atoms with van der Waals surface area (Å²) in [5, 5.41) is 0. The summed E-state index contributed by atoms with van der Waals surface area (Å²) in [6.07, 6.45) is 5.10. The van der Waals surface area contributed by atoms with Gasteiger partial charge in [-0.25, -0.2) is 0 Å². The number of piperazine rings is 1. The number of rotatable bonds is 2. The summed E-state index contributed by atoms with van der Waals surface area (Å²) in [6.45, 7) is 11.6. The average molecular weight is 253 g/mol. The highest BCUT2D eigenvalue weighted by atomic mass is 15.3. The van der Waals surface area contributed by atoms with E-state index >= 15 is 0 Å². The van der Waals surface area contributed by atoms with Crippen LogP contribution in [0.5, 0.6) is 0 Å². The standard InChI is InChI=1S/C15H31N3/c1-13-6-5-7-15(16,10-13)12-18-9-8-17(4)14(2,3)11-18/h13H,5-12,16H2,1-4H3. The lowest BCUT2D eigenvalue weighted by atomic mass is 9.76. The van der Waals surface area contributed by atoms with E-state index in [1.807, 2.05) is 0 Å². The summed E-state index contributed by atoms with van der Waals surface area (Å²) in [5.41, 5.74) is 7.01. The van der Waals surface area contributed by atoms with Crippen molar-refractivity contribution in [2.75, 3.05) is 33.2 Å². The normalized spacial score (nSPS) is 38.8. The molecule has 3 heteroatoms. The molecule has 0 aromatic carbocycles. The zero-order valence-electron chi connectivity index (χ0n) is 12.7. The Kier molecular flexibility index (Phi) is 4.05. The Labute approximate surface area is 113 Å². The second-order valence-corrected chi connectivity index (χ2v) is 7.51. The fraction of sp³-hybridized carbons (Fsp3) is 1.00. The van der Waals surface area contributed by atoms with Crippen LogP contribution in [0.3, 0.4) is 0 Å². The van der Waals surface area contributed by atoms with Crippen molar-refractivity contribution in [3.63, 3.8) is 0 Å². The minimum Gasteiger partial charge on any atom is -0.324 e. The highest BCUT2D eigenvalue weighted by Gasteiger charge is 2.37. The van der Waals surface area contributed by atoms with E-state index in [0.29, 0.717) is 0 Å². The largest absolute Gasteiger partial charge is 0.324 e. The Morgan fingerprint density at radius 2 is 2.00 bits per heavy atom. The topological polar surface area (TPSA) is 32.5 Å². The van der Waals surface area contributed by atoms with Gasteiger partial charge in [-0.1, -0.05) is 19.8 Å². The van der Waals surface area contributed by atoms with Crippen molar-refractivity contribution < 1.29 is 0 Å². The summed E-state index contributed by atoms with van der Waals surface area (Å²) in [4.78, 5) is 5.06. The number of hydrogen-bond acceptors (Lipinski definition) is 3. The summed E-state index contributed by atoms with van der Waals surface area (Å²) in [6, 6.07) is 0. The SMILES string of the molecule is CC1CCCC(N)(CN2CCN(C)C(C)(C)C2)C1. The van der Waals surface area contributed by atoms with Crippen LogP contribution >= 0.6 is 0 Å². The summed E-state index contributed by atoms with van der Waals surface area (Å²) < 4.78 is 0. The van der Waals surface area contributed by atoms with Crippen LogP contribution < -0.4 is 5.73 Å². The van der Waals surface area contributed by atoms with Gasteiger partial charge in [-0.15, -0.1) is 0 Å². The predicted octanol–water partition coefficient (Wildman–Crippen LogP) is 1.92. The third kappa shape index (κ3) is 3.25. The Morgan fingerprint density at radius 1 is 1.28 bits per heavy atom. The monoisotopic (exact) mass is 253 g/mol. The van der Waals surface area contributed by atoms with Gasteiger partial charge in [0, 0.05) is 37.3 Å². The minimum absolute atomic E-state index is 0.0731. The molecule has 18 heavy (non-hydrogen) atoms. The molecule has 0 amide bonds. The average Bonchev–Trinajstić information content (AvgIpc) is 2.22. The molecule has 1 saturated carbocycles. The van der Waals surface area contributed by atoms with Crippen LogP contribution in [0.15, 0.2) is 0 Å². The fourth-order valence-corrected chi connectivity index (χ4v) is 3.77. The lowest BCUT2D eigenvalue weighted by Gasteiger charge is -2.48. The van der Waals surface area contributed by atoms with Gasteiger partial charge < -0.3 is 5.73 Å². The molecule has 2 unspecified atom stereocenters. The van der Waals surface area contributed by atoms with Crippen LogP contribution in [0.25, 0.3) is 0 Å². The first kappa shape index (κ1) is 14.3. The molecule has 0 spiro atoms. The molecule has 2 atom stereocenters. The van der Waals surface area contributed by atoms with Crippen molar-refractivity contribution in [2.45, 2.75) is 57.5 Å². The highest BCUT2D eigenvalue weighted by Crippen LogP contribution is 2.32. The first-order valence-electron chi connectivity index (χ1n) is 7.53. The van der Waals surface area contributed by atoms with Crippen LogP contribution in [-0.2, 0) is 0 Å². The van der Waals surface area contributed by atoms with Gasteiger partial charge >= 0.3 is 0 Å². The maximum Gasteiger partial charge on any atom is 0.0285 e. The molecular formula is C15H31N3. The molecule has 3 nitrogen and oxygen atoms in total. The van der Waals surface area contributed by atoms with Crippen LogP contribution in [0, 0.1) is 5.92 Å². The van der Waals surface area contributed by atoms with Gasteiger partial charge in [0.25, 0.3) is 0 Å². The van der Waals surface area contributed by atoms with Crippen LogP contribution in [0.4, 0.5) is 0 Å². The second-order valence-electron chi connectivity index (χ2n) is 7.51. The van der Waals surface area contributed by atoms with E-state index in [4.69, 9.17) is 5.73 Å². The molecular weight excluding hydrogens is 222 g/mol. The van der Waals surface area contributed by atoms with Crippen molar-refractivity contribution >= 4 is 0 Å². The first-order valence-corrected chi connectivity index (χ1v) is 7.53. The van der Waals surface area contributed by atoms with E-state index in [-0.39, 0.29) is 11.1 Å². The molecule has 0 radical (unpaired) electrons. The van der Waals surface area contributed by atoms with Gasteiger partial charge in [0.05, 0.1) is 0 Å². The third-order valence-electron chi connectivity index (χ3n) is 5.06. The Bertz CT molecular complexity index is 289. The molecule has 1 heterocycles. The second kappa shape index (κ2) is 5.10. The zero-order valence-corrected chi connectivity index (χ0v) is 12.7. The minimum atomic E-state index is 0.0731. The predicted molar refractivity (Wildman–Crippen MR) is 77.7 cm³/mol. The smallest absolute Gasteiger partial charge is 0.0285 e. The number of nitrogens with two attached hydrogens (primary N) is 1.